The third kappa shape index (κ3) is 1.96. The Morgan fingerprint density at radius 2 is 1.72 bits per heavy atom. The molecule has 0 aliphatic carbocycles. The van der Waals surface area contributed by atoms with Crippen LogP contribution in [0.2, 0.25) is 0 Å². The van der Waals surface area contributed by atoms with Gasteiger partial charge in [-0.05, 0) is 32.6 Å². The van der Waals surface area contributed by atoms with Crippen molar-refractivity contribution >= 4 is 0 Å². The molecule has 3 heterocycles. The standard InChI is InChI=1S/C14H24N4/c1-9-16-17-13(14(2,3)4)18(9)12-7-10-5-6-11(8-12)15-10/h10-12,15H,5-8H2,1-4H3/t10-,11+,12?. The Morgan fingerprint density at radius 3 is 2.28 bits per heavy atom. The number of rotatable bonds is 1. The summed E-state index contributed by atoms with van der Waals surface area (Å²) in [6.45, 7) is 8.76. The van der Waals surface area contributed by atoms with Crippen molar-refractivity contribution in [1.29, 1.82) is 0 Å². The van der Waals surface area contributed by atoms with E-state index < -0.39 is 0 Å². The van der Waals surface area contributed by atoms with Crippen molar-refractivity contribution in [3.8, 4) is 0 Å². The first kappa shape index (κ1) is 12.2. The molecule has 1 N–H and O–H groups in total. The zero-order valence-corrected chi connectivity index (χ0v) is 11.9. The normalized spacial score (nSPS) is 31.9. The molecule has 2 saturated heterocycles. The molecule has 100 valence electrons. The van der Waals surface area contributed by atoms with Crippen LogP contribution in [0.3, 0.4) is 0 Å². The summed E-state index contributed by atoms with van der Waals surface area (Å²) in [5, 5.41) is 12.5. The maximum absolute atomic E-state index is 4.43. The monoisotopic (exact) mass is 248 g/mol. The van der Waals surface area contributed by atoms with Gasteiger partial charge >= 0.3 is 0 Å². The lowest BCUT2D eigenvalue weighted by atomic mass is 9.93. The largest absolute Gasteiger partial charge is 0.312 e. The molecule has 2 aliphatic rings. The van der Waals surface area contributed by atoms with E-state index in [0.29, 0.717) is 18.1 Å². The van der Waals surface area contributed by atoms with Gasteiger partial charge in [-0.15, -0.1) is 10.2 Å². The first-order valence-electron chi connectivity index (χ1n) is 7.13. The summed E-state index contributed by atoms with van der Waals surface area (Å²) < 4.78 is 2.41. The van der Waals surface area contributed by atoms with Crippen molar-refractivity contribution in [3.63, 3.8) is 0 Å². The lowest BCUT2D eigenvalue weighted by molar-refractivity contribution is 0.282. The molecule has 3 rings (SSSR count). The van der Waals surface area contributed by atoms with E-state index in [1.165, 1.54) is 25.7 Å². The predicted molar refractivity (Wildman–Crippen MR) is 71.7 cm³/mol. The minimum Gasteiger partial charge on any atom is -0.312 e. The third-order valence-electron chi connectivity index (χ3n) is 4.35. The average Bonchev–Trinajstić information content (AvgIpc) is 2.81. The Balaban J connectivity index is 1.94. The van der Waals surface area contributed by atoms with Gasteiger partial charge in [0.15, 0.2) is 0 Å². The number of nitrogens with zero attached hydrogens (tertiary/aromatic N) is 3. The van der Waals surface area contributed by atoms with Crippen molar-refractivity contribution in [2.45, 2.75) is 76.9 Å². The van der Waals surface area contributed by atoms with Crippen LogP contribution in [0, 0.1) is 6.92 Å². The molecule has 2 fully saturated rings. The highest BCUT2D eigenvalue weighted by atomic mass is 15.3. The average molecular weight is 248 g/mol. The molecule has 4 heteroatoms. The zero-order valence-electron chi connectivity index (χ0n) is 11.9. The van der Waals surface area contributed by atoms with Crippen LogP contribution in [0.1, 0.15) is 64.1 Å². The van der Waals surface area contributed by atoms with Crippen molar-refractivity contribution in [2.24, 2.45) is 0 Å². The van der Waals surface area contributed by atoms with Crippen molar-refractivity contribution in [1.82, 2.24) is 20.1 Å². The van der Waals surface area contributed by atoms with Gasteiger partial charge in [0.2, 0.25) is 0 Å². The Bertz CT molecular complexity index is 431. The Kier molecular flexibility index (Phi) is 2.73. The van der Waals surface area contributed by atoms with Crippen LogP contribution in [0.5, 0.6) is 0 Å². The van der Waals surface area contributed by atoms with E-state index >= 15 is 0 Å². The quantitative estimate of drug-likeness (QED) is 0.829. The van der Waals surface area contributed by atoms with Gasteiger partial charge in [0, 0.05) is 23.5 Å². The van der Waals surface area contributed by atoms with E-state index in [0.717, 1.165) is 11.6 Å². The van der Waals surface area contributed by atoms with Gasteiger partial charge in [-0.1, -0.05) is 20.8 Å². The van der Waals surface area contributed by atoms with Gasteiger partial charge in [-0.2, -0.15) is 0 Å². The second-order valence-electron chi connectivity index (χ2n) is 6.95. The molecule has 1 aromatic rings. The Hall–Kier alpha value is -0.900. The molecule has 0 aromatic carbocycles. The second-order valence-corrected chi connectivity index (χ2v) is 6.95. The zero-order chi connectivity index (χ0) is 12.9. The molecule has 0 saturated carbocycles. The fourth-order valence-electron chi connectivity index (χ4n) is 3.56. The van der Waals surface area contributed by atoms with Crippen molar-refractivity contribution in [2.75, 3.05) is 0 Å². The van der Waals surface area contributed by atoms with Crippen LogP contribution in [0.4, 0.5) is 0 Å². The van der Waals surface area contributed by atoms with Gasteiger partial charge in [0.1, 0.15) is 11.6 Å². The number of aromatic nitrogens is 3. The fourth-order valence-corrected chi connectivity index (χ4v) is 3.56. The predicted octanol–water partition coefficient (Wildman–Crippen LogP) is 2.34. The van der Waals surface area contributed by atoms with E-state index in [1.54, 1.807) is 0 Å². The number of nitrogens with one attached hydrogen (secondary N) is 1. The number of hydrogen-bond donors (Lipinski definition) is 1. The van der Waals surface area contributed by atoms with Crippen molar-refractivity contribution < 1.29 is 0 Å². The summed E-state index contributed by atoms with van der Waals surface area (Å²) in [6.07, 6.45) is 5.15. The molecule has 2 bridgehead atoms. The number of hydrogen-bond acceptors (Lipinski definition) is 3. The lowest BCUT2D eigenvalue weighted by Crippen LogP contribution is -2.40. The van der Waals surface area contributed by atoms with Gasteiger partial charge < -0.3 is 9.88 Å². The summed E-state index contributed by atoms with van der Waals surface area (Å²) in [5.41, 5.74) is 0.0746. The van der Waals surface area contributed by atoms with E-state index in [4.69, 9.17) is 0 Å². The van der Waals surface area contributed by atoms with Gasteiger partial charge in [0.25, 0.3) is 0 Å². The van der Waals surface area contributed by atoms with E-state index in [-0.39, 0.29) is 5.41 Å². The lowest BCUT2D eigenvalue weighted by Gasteiger charge is -2.33. The van der Waals surface area contributed by atoms with Gasteiger partial charge in [0.05, 0.1) is 0 Å². The molecule has 3 atom stereocenters. The molecule has 18 heavy (non-hydrogen) atoms. The smallest absolute Gasteiger partial charge is 0.138 e. The van der Waals surface area contributed by atoms with E-state index in [1.807, 2.05) is 0 Å². The van der Waals surface area contributed by atoms with Crippen LogP contribution >= 0.6 is 0 Å². The molecule has 0 amide bonds. The van der Waals surface area contributed by atoms with Crippen LogP contribution in [-0.4, -0.2) is 26.8 Å². The van der Waals surface area contributed by atoms with E-state index in [9.17, 15) is 0 Å². The molecule has 2 aliphatic heterocycles. The highest BCUT2D eigenvalue weighted by Crippen LogP contribution is 2.36. The first-order chi connectivity index (χ1) is 8.45. The molecular formula is C14H24N4. The number of fused-ring (bicyclic) bond motifs is 2. The molecule has 0 radical (unpaired) electrons. The maximum atomic E-state index is 4.43. The fraction of sp³-hybridized carbons (Fsp3) is 0.857. The molecule has 1 unspecified atom stereocenters. The third-order valence-corrected chi connectivity index (χ3v) is 4.35. The minimum absolute atomic E-state index is 0.0746. The molecule has 4 nitrogen and oxygen atoms in total. The minimum atomic E-state index is 0.0746. The van der Waals surface area contributed by atoms with E-state index in [2.05, 4.69) is 47.8 Å². The summed E-state index contributed by atoms with van der Waals surface area (Å²) in [6, 6.07) is 2.01. The van der Waals surface area contributed by atoms with Crippen LogP contribution in [0.15, 0.2) is 0 Å². The van der Waals surface area contributed by atoms with Crippen LogP contribution < -0.4 is 5.32 Å². The summed E-state index contributed by atoms with van der Waals surface area (Å²) in [4.78, 5) is 0. The molecule has 1 aromatic heterocycles. The summed E-state index contributed by atoms with van der Waals surface area (Å²) in [5.74, 6) is 2.22. The summed E-state index contributed by atoms with van der Waals surface area (Å²) in [7, 11) is 0. The summed E-state index contributed by atoms with van der Waals surface area (Å²) >= 11 is 0. The first-order valence-corrected chi connectivity index (χ1v) is 7.13. The Morgan fingerprint density at radius 1 is 1.11 bits per heavy atom. The van der Waals surface area contributed by atoms with Crippen LogP contribution in [-0.2, 0) is 5.41 Å². The van der Waals surface area contributed by atoms with Gasteiger partial charge in [-0.25, -0.2) is 0 Å². The number of aryl methyl sites for hydroxylation is 1. The molecular weight excluding hydrogens is 224 g/mol. The topological polar surface area (TPSA) is 42.7 Å². The highest BCUT2D eigenvalue weighted by Gasteiger charge is 2.37. The second kappa shape index (κ2) is 4.05. The highest BCUT2D eigenvalue weighted by molar-refractivity contribution is 5.09. The van der Waals surface area contributed by atoms with Crippen molar-refractivity contribution in [3.05, 3.63) is 11.6 Å². The SMILES string of the molecule is Cc1nnc(C(C)(C)C)n1C1C[C@H]2CC[C@@H](C1)N2. The maximum Gasteiger partial charge on any atom is 0.138 e. The molecule has 0 spiro atoms. The van der Waals surface area contributed by atoms with Gasteiger partial charge in [-0.3, -0.25) is 0 Å². The Labute approximate surface area is 109 Å². The van der Waals surface area contributed by atoms with Crippen LogP contribution in [0.25, 0.3) is 0 Å². The number of piperidine rings is 1.